The lowest BCUT2D eigenvalue weighted by atomic mass is 10.1. The molecule has 0 aliphatic carbocycles. The molecular weight excluding hydrogens is 480 g/mol. The Morgan fingerprint density at radius 3 is 2.64 bits per heavy atom. The van der Waals surface area contributed by atoms with E-state index in [1.807, 2.05) is 19.1 Å². The molecular formula is C28H40O7S. The Hall–Kier alpha value is -1.87. The summed E-state index contributed by atoms with van der Waals surface area (Å²) in [6.07, 6.45) is 9.91. The third-order valence-electron chi connectivity index (χ3n) is 6.27. The van der Waals surface area contributed by atoms with Gasteiger partial charge in [-0.05, 0) is 68.5 Å². The lowest BCUT2D eigenvalue weighted by molar-refractivity contribution is -0.180. The number of hydrogen-bond donors (Lipinski definition) is 1. The van der Waals surface area contributed by atoms with Crippen LogP contribution >= 0.6 is 11.8 Å². The molecule has 1 aliphatic rings. The molecule has 2 heterocycles. The van der Waals surface area contributed by atoms with Gasteiger partial charge in [-0.1, -0.05) is 32.1 Å². The van der Waals surface area contributed by atoms with E-state index in [2.05, 4.69) is 6.07 Å². The van der Waals surface area contributed by atoms with Gasteiger partial charge in [-0.15, -0.1) is 11.8 Å². The highest BCUT2D eigenvalue weighted by Crippen LogP contribution is 2.25. The van der Waals surface area contributed by atoms with Crippen molar-refractivity contribution in [3.63, 3.8) is 0 Å². The van der Waals surface area contributed by atoms with Gasteiger partial charge in [-0.2, -0.15) is 0 Å². The second-order valence-electron chi connectivity index (χ2n) is 9.45. The van der Waals surface area contributed by atoms with Crippen LogP contribution in [-0.2, 0) is 19.0 Å². The van der Waals surface area contributed by atoms with Gasteiger partial charge in [0.1, 0.15) is 18.3 Å². The molecule has 7 nitrogen and oxygen atoms in total. The largest absolute Gasteiger partial charge is 0.463 e. The van der Waals surface area contributed by atoms with Gasteiger partial charge >= 0.3 is 11.6 Å². The van der Waals surface area contributed by atoms with Crippen molar-refractivity contribution >= 4 is 28.7 Å². The standard InChI is InChI=1S/C28H40O7S/c1-21-17-27(31)35-25-18-23(13-14-24(21)25)36-16-10-6-4-2-3-5-7-11-26(30)33-19-22(29)20-34-28-12-8-9-15-32-28/h13-14,17-18,22,28-29H,2-12,15-16,19-20H2,1H3/t22-,28?/m1/s1. The van der Waals surface area contributed by atoms with Crippen LogP contribution in [0.25, 0.3) is 11.0 Å². The third-order valence-corrected chi connectivity index (χ3v) is 7.35. The van der Waals surface area contributed by atoms with E-state index in [0.717, 1.165) is 66.5 Å². The predicted molar refractivity (Wildman–Crippen MR) is 141 cm³/mol. The number of rotatable bonds is 16. The summed E-state index contributed by atoms with van der Waals surface area (Å²) in [5, 5.41) is 10.9. The fourth-order valence-electron chi connectivity index (χ4n) is 4.21. The van der Waals surface area contributed by atoms with Gasteiger partial charge < -0.3 is 23.7 Å². The van der Waals surface area contributed by atoms with Gasteiger partial charge in [0.05, 0.1) is 6.61 Å². The Morgan fingerprint density at radius 2 is 1.86 bits per heavy atom. The highest BCUT2D eigenvalue weighted by molar-refractivity contribution is 7.99. The molecule has 3 rings (SSSR count). The molecule has 1 saturated heterocycles. The number of hydrogen-bond acceptors (Lipinski definition) is 8. The number of thioether (sulfide) groups is 1. The maximum absolute atomic E-state index is 11.9. The number of aliphatic hydroxyl groups is 1. The number of esters is 1. The van der Waals surface area contributed by atoms with Gasteiger partial charge in [-0.25, -0.2) is 4.79 Å². The summed E-state index contributed by atoms with van der Waals surface area (Å²) in [6, 6.07) is 7.60. The Labute approximate surface area is 217 Å². The van der Waals surface area contributed by atoms with Gasteiger partial charge in [-0.3, -0.25) is 4.79 Å². The molecule has 0 spiro atoms. The van der Waals surface area contributed by atoms with Crippen molar-refractivity contribution in [1.29, 1.82) is 0 Å². The summed E-state index contributed by atoms with van der Waals surface area (Å²) >= 11 is 1.79. The van der Waals surface area contributed by atoms with E-state index < -0.39 is 6.10 Å². The van der Waals surface area contributed by atoms with E-state index in [0.29, 0.717) is 18.6 Å². The highest BCUT2D eigenvalue weighted by atomic mass is 32.2. The van der Waals surface area contributed by atoms with Crippen LogP contribution < -0.4 is 5.63 Å². The van der Waals surface area contributed by atoms with Crippen LogP contribution in [0, 0.1) is 6.92 Å². The summed E-state index contributed by atoms with van der Waals surface area (Å²) in [7, 11) is 0. The molecule has 0 bridgehead atoms. The first-order valence-electron chi connectivity index (χ1n) is 13.3. The third kappa shape index (κ3) is 10.6. The van der Waals surface area contributed by atoms with E-state index in [9.17, 15) is 14.7 Å². The Bertz CT molecular complexity index is 984. The molecule has 0 amide bonds. The average Bonchev–Trinajstić information content (AvgIpc) is 2.87. The quantitative estimate of drug-likeness (QED) is 0.129. The Balaban J connectivity index is 1.14. The van der Waals surface area contributed by atoms with E-state index in [-0.39, 0.29) is 31.1 Å². The first-order valence-corrected chi connectivity index (χ1v) is 14.2. The van der Waals surface area contributed by atoms with Crippen LogP contribution in [0.3, 0.4) is 0 Å². The minimum absolute atomic E-state index is 0.0309. The van der Waals surface area contributed by atoms with Gasteiger partial charge in [0, 0.05) is 29.4 Å². The first kappa shape index (κ1) is 28.7. The average molecular weight is 521 g/mol. The molecule has 1 unspecified atom stereocenters. The molecule has 1 N–H and O–H groups in total. The van der Waals surface area contributed by atoms with Crippen molar-refractivity contribution in [2.24, 2.45) is 0 Å². The molecule has 2 aromatic rings. The topological polar surface area (TPSA) is 95.2 Å². The predicted octanol–water partition coefficient (Wildman–Crippen LogP) is 5.76. The summed E-state index contributed by atoms with van der Waals surface area (Å²) in [6.45, 7) is 2.71. The Morgan fingerprint density at radius 1 is 1.08 bits per heavy atom. The summed E-state index contributed by atoms with van der Waals surface area (Å²) < 4.78 is 21.4. The second-order valence-corrected chi connectivity index (χ2v) is 10.6. The van der Waals surface area contributed by atoms with Gasteiger partial charge in [0.25, 0.3) is 0 Å². The monoisotopic (exact) mass is 520 g/mol. The molecule has 200 valence electrons. The van der Waals surface area contributed by atoms with Crippen LogP contribution in [-0.4, -0.2) is 49.0 Å². The summed E-state index contributed by atoms with van der Waals surface area (Å²) in [5.41, 5.74) is 1.30. The van der Waals surface area contributed by atoms with E-state index >= 15 is 0 Å². The zero-order valence-corrected chi connectivity index (χ0v) is 22.2. The first-order chi connectivity index (χ1) is 17.5. The van der Waals surface area contributed by atoms with E-state index in [1.54, 1.807) is 11.8 Å². The Kier molecular flexibility index (Phi) is 12.8. The summed E-state index contributed by atoms with van der Waals surface area (Å²) in [5.74, 6) is 0.779. The SMILES string of the molecule is Cc1cc(=O)oc2cc(SCCCCCCCCCC(=O)OC[C@@H](O)COC3CCCCO3)ccc12. The van der Waals surface area contributed by atoms with Gasteiger partial charge in [0.2, 0.25) is 0 Å². The normalized spacial score (nSPS) is 16.8. The fraction of sp³-hybridized carbons (Fsp3) is 0.643. The fourth-order valence-corrected chi connectivity index (χ4v) is 5.15. The lowest BCUT2D eigenvalue weighted by Gasteiger charge is -2.23. The zero-order valence-electron chi connectivity index (χ0n) is 21.4. The number of carbonyl (C=O) groups excluding carboxylic acids is 1. The van der Waals surface area contributed by atoms with E-state index in [4.69, 9.17) is 18.6 Å². The van der Waals surface area contributed by atoms with Crippen LogP contribution in [0.4, 0.5) is 0 Å². The minimum Gasteiger partial charge on any atom is -0.463 e. The zero-order chi connectivity index (χ0) is 25.6. The molecule has 1 aliphatic heterocycles. The molecule has 8 heteroatoms. The number of fused-ring (bicyclic) bond motifs is 1. The van der Waals surface area contributed by atoms with Gasteiger partial charge in [0.15, 0.2) is 6.29 Å². The molecule has 1 fully saturated rings. The molecule has 2 atom stereocenters. The van der Waals surface area contributed by atoms with Crippen molar-refractivity contribution < 1.29 is 28.5 Å². The maximum atomic E-state index is 11.9. The van der Waals surface area contributed by atoms with Crippen molar-refractivity contribution in [1.82, 2.24) is 0 Å². The van der Waals surface area contributed by atoms with Crippen LogP contribution in [0.2, 0.25) is 0 Å². The lowest BCUT2D eigenvalue weighted by Crippen LogP contribution is -2.29. The number of aliphatic hydroxyl groups excluding tert-OH is 1. The van der Waals surface area contributed by atoms with Crippen molar-refractivity contribution in [2.75, 3.05) is 25.6 Å². The maximum Gasteiger partial charge on any atom is 0.336 e. The van der Waals surface area contributed by atoms with Crippen molar-refractivity contribution in [3.05, 3.63) is 40.2 Å². The highest BCUT2D eigenvalue weighted by Gasteiger charge is 2.17. The molecule has 0 radical (unpaired) electrons. The van der Waals surface area contributed by atoms with Crippen LogP contribution in [0.1, 0.15) is 76.2 Å². The number of aryl methyl sites for hydroxylation is 1. The number of ether oxygens (including phenoxy) is 3. The van der Waals surface area contributed by atoms with Crippen molar-refractivity contribution in [2.45, 2.75) is 94.8 Å². The number of unbranched alkanes of at least 4 members (excludes halogenated alkanes) is 6. The summed E-state index contributed by atoms with van der Waals surface area (Å²) in [4.78, 5) is 24.6. The van der Waals surface area contributed by atoms with Crippen LogP contribution in [0.5, 0.6) is 0 Å². The molecule has 36 heavy (non-hydrogen) atoms. The van der Waals surface area contributed by atoms with Crippen molar-refractivity contribution in [3.8, 4) is 0 Å². The minimum atomic E-state index is -0.816. The number of carbonyl (C=O) groups is 1. The molecule has 1 aromatic carbocycles. The van der Waals surface area contributed by atoms with E-state index in [1.165, 1.54) is 25.3 Å². The second kappa shape index (κ2) is 16.1. The molecule has 0 saturated carbocycles. The number of benzene rings is 1. The smallest absolute Gasteiger partial charge is 0.336 e. The molecule has 1 aromatic heterocycles. The van der Waals surface area contributed by atoms with Crippen LogP contribution in [0.15, 0.2) is 38.4 Å².